The van der Waals surface area contributed by atoms with E-state index in [-0.39, 0.29) is 18.7 Å². The lowest BCUT2D eigenvalue weighted by molar-refractivity contribution is -0.185. The maximum Gasteiger partial charge on any atom is 0.262 e. The summed E-state index contributed by atoms with van der Waals surface area (Å²) in [7, 11) is 2.10. The number of ether oxygens (including phenoxy) is 1. The molecule has 9 heteroatoms. The number of hydrogen-bond donors (Lipinski definition) is 4. The normalized spacial score (nSPS) is 28.1. The van der Waals surface area contributed by atoms with Crippen LogP contribution in [0.4, 0.5) is 5.69 Å². The number of nitriles is 1. The fraction of sp³-hybridized carbons (Fsp3) is 0.524. The van der Waals surface area contributed by atoms with Crippen LogP contribution in [0.1, 0.15) is 5.56 Å². The highest BCUT2D eigenvalue weighted by Gasteiger charge is 2.37. The van der Waals surface area contributed by atoms with Crippen LogP contribution in [0.2, 0.25) is 0 Å². The van der Waals surface area contributed by atoms with E-state index in [1.54, 1.807) is 0 Å². The Hall–Kier alpha value is -2.48. The van der Waals surface area contributed by atoms with Gasteiger partial charge in [0.25, 0.3) is 5.91 Å². The minimum Gasteiger partial charge on any atom is -0.388 e. The molecule has 0 aliphatic carbocycles. The molecule has 0 radical (unpaired) electrons. The Balaban J connectivity index is 1.58. The van der Waals surface area contributed by atoms with E-state index in [0.29, 0.717) is 0 Å². The number of anilines is 1. The highest BCUT2D eigenvalue weighted by Crippen LogP contribution is 2.19. The van der Waals surface area contributed by atoms with Crippen molar-refractivity contribution in [2.24, 2.45) is 0 Å². The minimum absolute atomic E-state index is 0.0757. The third-order valence-corrected chi connectivity index (χ3v) is 5.51. The summed E-state index contributed by atoms with van der Waals surface area (Å²) in [5, 5.41) is 41.0. The largest absolute Gasteiger partial charge is 0.388 e. The van der Waals surface area contributed by atoms with E-state index >= 15 is 0 Å². The van der Waals surface area contributed by atoms with Crippen molar-refractivity contribution in [1.82, 2.24) is 10.2 Å². The number of aliphatic hydroxyl groups is 3. The number of benzene rings is 1. The molecule has 0 unspecified atom stereocenters. The zero-order valence-corrected chi connectivity index (χ0v) is 16.9. The first-order valence-electron chi connectivity index (χ1n) is 9.98. The van der Waals surface area contributed by atoms with Crippen LogP contribution in [-0.2, 0) is 9.53 Å². The van der Waals surface area contributed by atoms with E-state index < -0.39 is 30.3 Å². The summed E-state index contributed by atoms with van der Waals surface area (Å²) in [6, 6.07) is 9.57. The molecule has 0 aromatic heterocycles. The number of hydrogen-bond acceptors (Lipinski definition) is 8. The summed E-state index contributed by atoms with van der Waals surface area (Å²) in [4.78, 5) is 16.9. The Morgan fingerprint density at radius 3 is 2.50 bits per heavy atom. The molecule has 2 heterocycles. The zero-order valence-electron chi connectivity index (χ0n) is 16.9. The Morgan fingerprint density at radius 2 is 1.87 bits per heavy atom. The second-order valence-corrected chi connectivity index (χ2v) is 7.68. The van der Waals surface area contributed by atoms with E-state index in [4.69, 9.17) is 4.74 Å². The number of nitrogens with one attached hydrogen (secondary N) is 1. The number of likely N-dealkylation sites (N-methyl/N-ethyl adjacent to an activating group) is 1. The lowest BCUT2D eigenvalue weighted by Crippen LogP contribution is -2.56. The standard InChI is InChI=1S/C21H28N4O5/c1-24-6-8-25(9-7-24)16-4-2-14(3-5-16)10-15(11-22)21(29)23-12-18-20(28)19(27)17(26)13-30-18/h2-5,10,17-20,26-28H,6-9,12-13H2,1H3,(H,23,29)/b15-10+/t17-,18+,19+,20+/m0/s1. The third-order valence-electron chi connectivity index (χ3n) is 5.51. The van der Waals surface area contributed by atoms with Crippen LogP contribution in [0, 0.1) is 11.3 Å². The van der Waals surface area contributed by atoms with Crippen molar-refractivity contribution in [3.63, 3.8) is 0 Å². The van der Waals surface area contributed by atoms with E-state index in [0.717, 1.165) is 37.4 Å². The molecule has 4 N–H and O–H groups in total. The molecule has 2 saturated heterocycles. The molecule has 0 bridgehead atoms. The van der Waals surface area contributed by atoms with Crippen molar-refractivity contribution in [2.75, 3.05) is 51.3 Å². The Labute approximate surface area is 175 Å². The van der Waals surface area contributed by atoms with E-state index in [1.807, 2.05) is 30.3 Å². The molecule has 0 saturated carbocycles. The first kappa shape index (κ1) is 22.2. The average Bonchev–Trinajstić information content (AvgIpc) is 2.76. The molecule has 2 aliphatic heterocycles. The van der Waals surface area contributed by atoms with Crippen LogP contribution in [0.5, 0.6) is 0 Å². The van der Waals surface area contributed by atoms with E-state index in [2.05, 4.69) is 22.2 Å². The van der Waals surface area contributed by atoms with Crippen molar-refractivity contribution >= 4 is 17.7 Å². The molecular formula is C21H28N4O5. The molecule has 1 aromatic carbocycles. The SMILES string of the molecule is CN1CCN(c2ccc(/C=C(\C#N)C(=O)NC[C@H]3OC[C@H](O)[C@@H](O)[C@@H]3O)cc2)CC1. The van der Waals surface area contributed by atoms with Crippen LogP contribution >= 0.6 is 0 Å². The smallest absolute Gasteiger partial charge is 0.262 e. The monoisotopic (exact) mass is 416 g/mol. The first-order chi connectivity index (χ1) is 14.4. The molecule has 4 atom stereocenters. The van der Waals surface area contributed by atoms with Crippen molar-refractivity contribution in [2.45, 2.75) is 24.4 Å². The van der Waals surface area contributed by atoms with Gasteiger partial charge in [-0.25, -0.2) is 0 Å². The van der Waals surface area contributed by atoms with Gasteiger partial charge in [-0.05, 0) is 30.8 Å². The second kappa shape index (κ2) is 10.0. The van der Waals surface area contributed by atoms with Crippen molar-refractivity contribution in [1.29, 1.82) is 5.26 Å². The van der Waals surface area contributed by atoms with Crippen LogP contribution in [0.3, 0.4) is 0 Å². The summed E-state index contributed by atoms with van der Waals surface area (Å²) in [6.07, 6.45) is -3.21. The van der Waals surface area contributed by atoms with Gasteiger partial charge in [0, 0.05) is 38.4 Å². The number of nitrogens with zero attached hydrogens (tertiary/aromatic N) is 3. The topological polar surface area (TPSA) is 129 Å². The lowest BCUT2D eigenvalue weighted by Gasteiger charge is -2.35. The van der Waals surface area contributed by atoms with Gasteiger partial charge in [0.15, 0.2) is 0 Å². The summed E-state index contributed by atoms with van der Waals surface area (Å²) >= 11 is 0. The van der Waals surface area contributed by atoms with Crippen LogP contribution < -0.4 is 10.2 Å². The predicted molar refractivity (Wildman–Crippen MR) is 111 cm³/mol. The average molecular weight is 416 g/mol. The summed E-state index contributed by atoms with van der Waals surface area (Å²) in [5.41, 5.74) is 1.76. The van der Waals surface area contributed by atoms with Gasteiger partial charge in [0.1, 0.15) is 36.1 Å². The summed E-state index contributed by atoms with van der Waals surface area (Å²) in [5.74, 6) is -0.600. The number of piperazine rings is 1. The molecule has 2 fully saturated rings. The van der Waals surface area contributed by atoms with Gasteiger partial charge in [0.05, 0.1) is 6.61 Å². The molecular weight excluding hydrogens is 388 g/mol. The summed E-state index contributed by atoms with van der Waals surface area (Å²) < 4.78 is 5.25. The minimum atomic E-state index is -1.34. The lowest BCUT2D eigenvalue weighted by atomic mass is 10.00. The number of rotatable bonds is 5. The van der Waals surface area contributed by atoms with Crippen molar-refractivity contribution in [3.05, 3.63) is 35.4 Å². The fourth-order valence-corrected chi connectivity index (χ4v) is 3.50. The van der Waals surface area contributed by atoms with Crippen molar-refractivity contribution in [3.8, 4) is 6.07 Å². The van der Waals surface area contributed by atoms with Crippen LogP contribution in [0.25, 0.3) is 6.08 Å². The van der Waals surface area contributed by atoms with Gasteiger partial charge in [-0.1, -0.05) is 12.1 Å². The summed E-state index contributed by atoms with van der Waals surface area (Å²) in [6.45, 7) is 3.70. The van der Waals surface area contributed by atoms with Crippen molar-refractivity contribution < 1.29 is 24.9 Å². The maximum absolute atomic E-state index is 12.4. The Kier molecular flexibility index (Phi) is 7.42. The van der Waals surface area contributed by atoms with Gasteiger partial charge in [0.2, 0.25) is 0 Å². The third kappa shape index (κ3) is 5.36. The first-order valence-corrected chi connectivity index (χ1v) is 9.98. The number of carbonyl (C=O) groups excluding carboxylic acids is 1. The van der Waals surface area contributed by atoms with Crippen LogP contribution in [0.15, 0.2) is 29.8 Å². The number of aliphatic hydroxyl groups excluding tert-OH is 3. The van der Waals surface area contributed by atoms with Gasteiger partial charge in [-0.15, -0.1) is 0 Å². The molecule has 9 nitrogen and oxygen atoms in total. The fourth-order valence-electron chi connectivity index (χ4n) is 3.50. The molecule has 30 heavy (non-hydrogen) atoms. The number of carbonyl (C=O) groups is 1. The highest BCUT2D eigenvalue weighted by atomic mass is 16.5. The van der Waals surface area contributed by atoms with E-state index in [9.17, 15) is 25.4 Å². The maximum atomic E-state index is 12.4. The molecule has 1 aromatic rings. The van der Waals surface area contributed by atoms with Gasteiger partial charge >= 0.3 is 0 Å². The second-order valence-electron chi connectivity index (χ2n) is 7.68. The number of amides is 1. The quantitative estimate of drug-likeness (QED) is 0.353. The van der Waals surface area contributed by atoms with Gasteiger partial charge in [-0.3, -0.25) is 4.79 Å². The molecule has 2 aliphatic rings. The molecule has 1 amide bonds. The Morgan fingerprint density at radius 1 is 1.20 bits per heavy atom. The van der Waals surface area contributed by atoms with Gasteiger partial charge in [-0.2, -0.15) is 5.26 Å². The van der Waals surface area contributed by atoms with E-state index in [1.165, 1.54) is 6.08 Å². The van der Waals surface area contributed by atoms with Crippen LogP contribution in [-0.4, -0.2) is 96.9 Å². The van der Waals surface area contributed by atoms with Gasteiger partial charge < -0.3 is 35.2 Å². The zero-order chi connectivity index (χ0) is 21.7. The Bertz CT molecular complexity index is 799. The molecule has 0 spiro atoms. The highest BCUT2D eigenvalue weighted by molar-refractivity contribution is 6.01. The molecule has 162 valence electrons. The predicted octanol–water partition coefficient (Wildman–Crippen LogP) is -1.06. The molecule has 3 rings (SSSR count).